The minimum absolute atomic E-state index is 0.270. The molecule has 0 unspecified atom stereocenters. The van der Waals surface area contributed by atoms with Crippen LogP contribution in [-0.2, 0) is 17.8 Å². The minimum Gasteiger partial charge on any atom is -0.382 e. The van der Waals surface area contributed by atoms with Crippen molar-refractivity contribution in [2.45, 2.75) is 46.3 Å². The van der Waals surface area contributed by atoms with Crippen LogP contribution in [0.2, 0.25) is 0 Å². The van der Waals surface area contributed by atoms with E-state index in [4.69, 9.17) is 10.5 Å². The fourth-order valence-corrected chi connectivity index (χ4v) is 2.79. The summed E-state index contributed by atoms with van der Waals surface area (Å²) in [6.07, 6.45) is 2.01. The molecule has 7 heteroatoms. The van der Waals surface area contributed by atoms with Gasteiger partial charge in [0.1, 0.15) is 17.6 Å². The van der Waals surface area contributed by atoms with E-state index in [-0.39, 0.29) is 6.04 Å². The summed E-state index contributed by atoms with van der Waals surface area (Å²) in [5, 5.41) is 3.46. The monoisotopic (exact) mass is 304 g/mol. The largest absolute Gasteiger partial charge is 0.382 e. The molecular formula is C15H24N6O. The van der Waals surface area contributed by atoms with Crippen LogP contribution < -0.4 is 16.5 Å². The van der Waals surface area contributed by atoms with Gasteiger partial charge in [0.25, 0.3) is 0 Å². The Labute approximate surface area is 130 Å². The molecule has 7 nitrogen and oxygen atoms in total. The van der Waals surface area contributed by atoms with E-state index in [1.165, 1.54) is 0 Å². The number of rotatable bonds is 5. The third-order valence-electron chi connectivity index (χ3n) is 3.69. The first kappa shape index (κ1) is 14.9. The van der Waals surface area contributed by atoms with Crippen LogP contribution in [0.3, 0.4) is 0 Å². The molecule has 2 aromatic rings. The van der Waals surface area contributed by atoms with Crippen molar-refractivity contribution >= 4 is 22.5 Å². The first-order chi connectivity index (χ1) is 10.6. The van der Waals surface area contributed by atoms with Crippen LogP contribution in [0.1, 0.15) is 38.7 Å². The Morgan fingerprint density at radius 1 is 1.41 bits per heavy atom. The van der Waals surface area contributed by atoms with Crippen molar-refractivity contribution in [1.29, 1.82) is 0 Å². The van der Waals surface area contributed by atoms with E-state index in [2.05, 4.69) is 34.6 Å². The Bertz CT molecular complexity index is 678. The van der Waals surface area contributed by atoms with Gasteiger partial charge in [-0.05, 0) is 33.6 Å². The lowest BCUT2D eigenvalue weighted by Crippen LogP contribution is -2.25. The molecule has 0 fully saturated rings. The number of nitrogens with one attached hydrogen (secondary N) is 2. The topological polar surface area (TPSA) is 90.0 Å². The number of nitrogens with two attached hydrogens (primary N) is 1. The van der Waals surface area contributed by atoms with Gasteiger partial charge >= 0.3 is 0 Å². The number of fused-ring (bicyclic) bond motifs is 3. The van der Waals surface area contributed by atoms with E-state index >= 15 is 0 Å². The van der Waals surface area contributed by atoms with Gasteiger partial charge in [0.15, 0.2) is 11.6 Å². The van der Waals surface area contributed by atoms with Crippen LogP contribution in [0, 0.1) is 0 Å². The molecule has 0 saturated heterocycles. The number of aromatic nitrogens is 3. The lowest BCUT2D eigenvalue weighted by molar-refractivity contribution is 0.127. The second-order valence-electron chi connectivity index (χ2n) is 5.83. The van der Waals surface area contributed by atoms with Crippen LogP contribution in [0.25, 0.3) is 11.0 Å². The Balaban J connectivity index is 2.21. The van der Waals surface area contributed by atoms with Gasteiger partial charge < -0.3 is 21.2 Å². The van der Waals surface area contributed by atoms with Crippen LogP contribution in [0.15, 0.2) is 0 Å². The van der Waals surface area contributed by atoms with Gasteiger partial charge in [-0.1, -0.05) is 0 Å². The normalized spacial score (nSPS) is 14.2. The summed E-state index contributed by atoms with van der Waals surface area (Å²) in [7, 11) is 0. The van der Waals surface area contributed by atoms with Crippen molar-refractivity contribution < 1.29 is 4.74 Å². The standard InChI is InChI=1S/C15H24N6O/c1-4-22-8-11-19-13-14(21(11)20-9(2)3)12-10(18-15(13)16)6-5-7-17-12/h9,17,20H,4-8H2,1-3H3,(H2,16,18). The predicted octanol–water partition coefficient (Wildman–Crippen LogP) is 1.86. The van der Waals surface area contributed by atoms with Crippen LogP contribution in [0.4, 0.5) is 11.5 Å². The highest BCUT2D eigenvalue weighted by Gasteiger charge is 2.23. The van der Waals surface area contributed by atoms with Crippen molar-refractivity contribution in [3.8, 4) is 0 Å². The molecule has 0 aliphatic carbocycles. The molecule has 0 radical (unpaired) electrons. The van der Waals surface area contributed by atoms with Crippen molar-refractivity contribution in [1.82, 2.24) is 14.6 Å². The molecule has 22 heavy (non-hydrogen) atoms. The van der Waals surface area contributed by atoms with E-state index in [1.807, 2.05) is 11.6 Å². The molecule has 0 aromatic carbocycles. The average Bonchev–Trinajstić information content (AvgIpc) is 2.84. The highest BCUT2D eigenvalue weighted by atomic mass is 16.5. The highest BCUT2D eigenvalue weighted by molar-refractivity contribution is 5.96. The van der Waals surface area contributed by atoms with Gasteiger partial charge in [0.05, 0.1) is 11.4 Å². The molecule has 0 spiro atoms. The van der Waals surface area contributed by atoms with Gasteiger partial charge in [-0.25, -0.2) is 14.6 Å². The maximum atomic E-state index is 6.14. The van der Waals surface area contributed by atoms with Gasteiger partial charge in [-0.3, -0.25) is 0 Å². The summed E-state index contributed by atoms with van der Waals surface area (Å²) < 4.78 is 7.56. The highest BCUT2D eigenvalue weighted by Crippen LogP contribution is 2.33. The number of aryl methyl sites for hydroxylation is 1. The number of imidazole rings is 1. The zero-order valence-corrected chi connectivity index (χ0v) is 13.4. The molecule has 3 heterocycles. The van der Waals surface area contributed by atoms with Crippen LogP contribution >= 0.6 is 0 Å². The van der Waals surface area contributed by atoms with Gasteiger partial charge in [-0.2, -0.15) is 0 Å². The molecule has 0 amide bonds. The summed E-state index contributed by atoms with van der Waals surface area (Å²) in [5.41, 5.74) is 13.3. The fourth-order valence-electron chi connectivity index (χ4n) is 2.79. The third kappa shape index (κ3) is 2.56. The molecular weight excluding hydrogens is 280 g/mol. The zero-order valence-electron chi connectivity index (χ0n) is 13.4. The lowest BCUT2D eigenvalue weighted by Gasteiger charge is -2.21. The summed E-state index contributed by atoms with van der Waals surface area (Å²) in [6.45, 7) is 8.21. The van der Waals surface area contributed by atoms with Gasteiger partial charge in [-0.15, -0.1) is 0 Å². The van der Waals surface area contributed by atoms with E-state index < -0.39 is 0 Å². The first-order valence-corrected chi connectivity index (χ1v) is 7.89. The first-order valence-electron chi connectivity index (χ1n) is 7.89. The Hall–Kier alpha value is -2.02. The quantitative estimate of drug-likeness (QED) is 0.781. The van der Waals surface area contributed by atoms with Crippen molar-refractivity contribution in [2.24, 2.45) is 0 Å². The zero-order chi connectivity index (χ0) is 15.7. The van der Waals surface area contributed by atoms with Gasteiger partial charge in [0.2, 0.25) is 0 Å². The Morgan fingerprint density at radius 3 is 2.95 bits per heavy atom. The number of ether oxygens (including phenoxy) is 1. The predicted molar refractivity (Wildman–Crippen MR) is 88.6 cm³/mol. The number of hydrogen-bond acceptors (Lipinski definition) is 6. The van der Waals surface area contributed by atoms with E-state index in [0.29, 0.717) is 19.0 Å². The van der Waals surface area contributed by atoms with E-state index in [0.717, 1.165) is 47.6 Å². The summed E-state index contributed by atoms with van der Waals surface area (Å²) in [5.74, 6) is 1.30. The van der Waals surface area contributed by atoms with E-state index in [9.17, 15) is 0 Å². The molecule has 0 saturated carbocycles. The van der Waals surface area contributed by atoms with E-state index in [1.54, 1.807) is 0 Å². The number of pyridine rings is 1. The maximum Gasteiger partial charge on any atom is 0.154 e. The average molecular weight is 304 g/mol. The smallest absolute Gasteiger partial charge is 0.154 e. The molecule has 0 bridgehead atoms. The number of nitrogens with zero attached hydrogens (tertiary/aromatic N) is 3. The lowest BCUT2D eigenvalue weighted by atomic mass is 10.1. The summed E-state index contributed by atoms with van der Waals surface area (Å²) in [6, 6.07) is 0.270. The summed E-state index contributed by atoms with van der Waals surface area (Å²) in [4.78, 5) is 9.19. The number of hydrogen-bond donors (Lipinski definition) is 3. The Morgan fingerprint density at radius 2 is 2.23 bits per heavy atom. The van der Waals surface area contributed by atoms with Gasteiger partial charge in [0, 0.05) is 19.2 Å². The molecule has 3 rings (SSSR count). The molecule has 1 aliphatic rings. The van der Waals surface area contributed by atoms with Crippen LogP contribution in [-0.4, -0.2) is 33.8 Å². The van der Waals surface area contributed by atoms with Crippen molar-refractivity contribution in [3.63, 3.8) is 0 Å². The molecule has 1 aliphatic heterocycles. The number of anilines is 2. The second kappa shape index (κ2) is 6.00. The summed E-state index contributed by atoms with van der Waals surface area (Å²) >= 11 is 0. The molecule has 0 atom stereocenters. The molecule has 2 aromatic heterocycles. The Kier molecular flexibility index (Phi) is 4.06. The molecule has 4 N–H and O–H groups in total. The second-order valence-corrected chi connectivity index (χ2v) is 5.83. The van der Waals surface area contributed by atoms with Crippen molar-refractivity contribution in [3.05, 3.63) is 11.5 Å². The number of nitrogen functional groups attached to an aromatic ring is 1. The third-order valence-corrected chi connectivity index (χ3v) is 3.69. The minimum atomic E-state index is 0.270. The maximum absolute atomic E-state index is 6.14. The molecule has 120 valence electrons. The SMILES string of the molecule is CCOCc1nc2c(N)nc3c(c2n1NC(C)C)NCCC3. The fraction of sp³-hybridized carbons (Fsp3) is 0.600. The van der Waals surface area contributed by atoms with Crippen LogP contribution in [0.5, 0.6) is 0 Å². The van der Waals surface area contributed by atoms with Crippen molar-refractivity contribution in [2.75, 3.05) is 29.6 Å².